The van der Waals surface area contributed by atoms with Gasteiger partial charge in [0.25, 0.3) is 11.8 Å². The number of amides is 6. The van der Waals surface area contributed by atoms with Crippen LogP contribution in [0.3, 0.4) is 0 Å². The third-order valence-corrected chi connectivity index (χ3v) is 12.4. The molecular weight excluding hydrogens is 767 g/mol. The minimum atomic E-state index is -0.996. The van der Waals surface area contributed by atoms with Gasteiger partial charge in [-0.15, -0.1) is 0 Å². The van der Waals surface area contributed by atoms with Crippen molar-refractivity contribution in [1.29, 1.82) is 0 Å². The number of urea groups is 1. The van der Waals surface area contributed by atoms with Crippen molar-refractivity contribution < 1.29 is 28.7 Å². The number of hydrogen-bond donors (Lipinski definition) is 2. The number of carbonyl (C=O) groups is 5. The number of para-hydroxylation sites is 1. The van der Waals surface area contributed by atoms with E-state index in [1.807, 2.05) is 75.1 Å². The average Bonchev–Trinajstić information content (AvgIpc) is 3.76. The maximum atomic E-state index is 13.9. The zero-order chi connectivity index (χ0) is 41.1. The molecule has 5 aliphatic heterocycles. The number of aromatic nitrogens is 4. The van der Waals surface area contributed by atoms with Gasteiger partial charge in [0.2, 0.25) is 11.8 Å². The number of hydrogen-bond acceptors (Lipinski definition) is 12. The lowest BCUT2D eigenvalue weighted by Crippen LogP contribution is -2.66. The van der Waals surface area contributed by atoms with Gasteiger partial charge < -0.3 is 25.2 Å². The predicted octanol–water partition coefficient (Wildman–Crippen LogP) is 3.53. The van der Waals surface area contributed by atoms with Crippen LogP contribution in [0.2, 0.25) is 0 Å². The molecular formula is C43H43N11O6. The van der Waals surface area contributed by atoms with E-state index >= 15 is 0 Å². The number of rotatable bonds is 7. The highest BCUT2D eigenvalue weighted by molar-refractivity contribution is 6.23. The topological polar surface area (TPSA) is 192 Å². The molecule has 0 bridgehead atoms. The van der Waals surface area contributed by atoms with Gasteiger partial charge in [-0.2, -0.15) is 5.10 Å². The van der Waals surface area contributed by atoms with Crippen molar-refractivity contribution in [2.45, 2.75) is 43.8 Å². The van der Waals surface area contributed by atoms with Crippen molar-refractivity contribution in [3.8, 4) is 22.8 Å². The van der Waals surface area contributed by atoms with Crippen LogP contribution in [-0.2, 0) is 9.59 Å². The zero-order valence-electron chi connectivity index (χ0n) is 32.8. The number of ether oxygens (including phenoxy) is 1. The van der Waals surface area contributed by atoms with Gasteiger partial charge in [0, 0.05) is 76.1 Å². The lowest BCUT2D eigenvalue weighted by atomic mass is 10.0. The van der Waals surface area contributed by atoms with Crippen LogP contribution >= 0.6 is 0 Å². The first-order valence-corrected chi connectivity index (χ1v) is 20.4. The Morgan fingerprint density at radius 2 is 1.50 bits per heavy atom. The summed E-state index contributed by atoms with van der Waals surface area (Å²) in [6.07, 6.45) is 3.32. The summed E-state index contributed by atoms with van der Waals surface area (Å²) in [5.74, 6) is -0.258. The van der Waals surface area contributed by atoms with Crippen LogP contribution in [-0.4, -0.2) is 133 Å². The van der Waals surface area contributed by atoms with E-state index in [-0.39, 0.29) is 42.1 Å². The highest BCUT2D eigenvalue weighted by Gasteiger charge is 2.45. The second-order valence-corrected chi connectivity index (χ2v) is 16.0. The van der Waals surface area contributed by atoms with Crippen LogP contribution in [0.5, 0.6) is 11.5 Å². The van der Waals surface area contributed by atoms with Crippen LogP contribution in [0.1, 0.15) is 52.4 Å². The first kappa shape index (κ1) is 37.4. The molecule has 306 valence electrons. The molecule has 5 aliphatic rings. The first-order valence-electron chi connectivity index (χ1n) is 20.4. The molecule has 5 aromatic rings. The van der Waals surface area contributed by atoms with Crippen LogP contribution in [0, 0.1) is 0 Å². The van der Waals surface area contributed by atoms with Crippen LogP contribution < -0.4 is 20.7 Å². The lowest BCUT2D eigenvalue weighted by Gasteiger charge is -2.49. The SMILES string of the molecule is Nc1ncnc2c1c(-c1ccc(Oc3ccccc3)cc1)nn2C1CCCN(C(=O)N2CC(N3CCN(c4ccc5c(c4)C(=O)N([C@@H]4CCC(=O)NC4=O)C5=O)CC3)C2)C1. The second kappa shape index (κ2) is 15.1. The minimum absolute atomic E-state index is 0.0260. The largest absolute Gasteiger partial charge is 0.457 e. The number of nitrogens with two attached hydrogens (primary N) is 1. The molecule has 17 heteroatoms. The Morgan fingerprint density at radius 3 is 2.27 bits per heavy atom. The van der Waals surface area contributed by atoms with Crippen LogP contribution in [0.4, 0.5) is 16.3 Å². The minimum Gasteiger partial charge on any atom is -0.457 e. The molecule has 2 aromatic heterocycles. The number of nitrogen functional groups attached to an aromatic ring is 1. The fraction of sp³-hybridized carbons (Fsp3) is 0.349. The van der Waals surface area contributed by atoms with Crippen LogP contribution in [0.25, 0.3) is 22.3 Å². The summed E-state index contributed by atoms with van der Waals surface area (Å²) < 4.78 is 7.91. The van der Waals surface area contributed by atoms with Crippen LogP contribution in [0.15, 0.2) is 79.1 Å². The molecule has 4 fully saturated rings. The Labute approximate surface area is 344 Å². The maximum Gasteiger partial charge on any atom is 0.320 e. The normalized spacial score (nSPS) is 21.3. The number of anilines is 2. The third-order valence-electron chi connectivity index (χ3n) is 12.4. The smallest absolute Gasteiger partial charge is 0.320 e. The third kappa shape index (κ3) is 6.63. The van der Waals surface area contributed by atoms with E-state index in [1.165, 1.54) is 6.33 Å². The standard InChI is InChI=1S/C43H43N11O6/c44-38-36-37(26-8-11-31(12-9-26)60-30-6-2-1-3-7-30)48-54(39(36)46-25-45-38)28-5-4-16-51(22-28)43(59)52-23-29(24-52)50-19-17-49(18-20-50)27-10-13-32-33(21-27)42(58)53(41(32)57)34-14-15-35(55)47-40(34)56/h1-3,6-13,21,25,28-29,34H,4-5,14-20,22-24H2,(H2,44,45,46)(H,47,55,56)/t28?,34-/m1/s1. The van der Waals surface area contributed by atoms with E-state index in [9.17, 15) is 24.0 Å². The second-order valence-electron chi connectivity index (χ2n) is 16.0. The van der Waals surface area contributed by atoms with E-state index < -0.39 is 29.7 Å². The van der Waals surface area contributed by atoms with Gasteiger partial charge in [0.1, 0.15) is 35.4 Å². The molecule has 0 radical (unpaired) electrons. The van der Waals surface area contributed by atoms with Gasteiger partial charge in [-0.3, -0.25) is 34.3 Å². The summed E-state index contributed by atoms with van der Waals surface area (Å²) in [6.45, 7) is 5.47. The van der Waals surface area contributed by atoms with Gasteiger partial charge >= 0.3 is 6.03 Å². The summed E-state index contributed by atoms with van der Waals surface area (Å²) in [5.41, 5.74) is 9.99. The quantitative estimate of drug-likeness (QED) is 0.228. The Balaban J connectivity index is 0.753. The molecule has 60 heavy (non-hydrogen) atoms. The average molecular weight is 810 g/mol. The highest BCUT2D eigenvalue weighted by atomic mass is 16.5. The van der Waals surface area contributed by atoms with Gasteiger partial charge in [0.15, 0.2) is 5.65 Å². The molecule has 2 atom stereocenters. The van der Waals surface area contributed by atoms with Crippen molar-refractivity contribution in [3.63, 3.8) is 0 Å². The molecule has 0 saturated carbocycles. The highest BCUT2D eigenvalue weighted by Crippen LogP contribution is 2.36. The van der Waals surface area contributed by atoms with Crippen molar-refractivity contribution in [1.82, 2.24) is 44.7 Å². The van der Waals surface area contributed by atoms with E-state index in [0.717, 1.165) is 60.9 Å². The van der Waals surface area contributed by atoms with Gasteiger partial charge in [0.05, 0.1) is 22.6 Å². The molecule has 7 heterocycles. The van der Waals surface area contributed by atoms with Gasteiger partial charge in [-0.25, -0.2) is 19.4 Å². The Hall–Kier alpha value is -6.88. The number of likely N-dealkylation sites (tertiary alicyclic amines) is 2. The van der Waals surface area contributed by atoms with Crippen molar-refractivity contribution in [2.24, 2.45) is 0 Å². The number of piperazine rings is 1. The number of fused-ring (bicyclic) bond motifs is 2. The van der Waals surface area contributed by atoms with Crippen molar-refractivity contribution in [3.05, 3.63) is 90.3 Å². The molecule has 4 saturated heterocycles. The van der Waals surface area contributed by atoms with Gasteiger partial charge in [-0.1, -0.05) is 18.2 Å². The van der Waals surface area contributed by atoms with E-state index in [4.69, 9.17) is 15.6 Å². The molecule has 1 unspecified atom stereocenters. The molecule has 17 nitrogen and oxygen atoms in total. The summed E-state index contributed by atoms with van der Waals surface area (Å²) in [4.78, 5) is 82.9. The van der Waals surface area contributed by atoms with E-state index in [2.05, 4.69) is 25.1 Å². The fourth-order valence-corrected chi connectivity index (χ4v) is 9.13. The molecule has 0 spiro atoms. The number of benzene rings is 3. The molecule has 3 aromatic carbocycles. The van der Waals surface area contributed by atoms with E-state index in [1.54, 1.807) is 12.1 Å². The monoisotopic (exact) mass is 809 g/mol. The molecule has 3 N–H and O–H groups in total. The zero-order valence-corrected chi connectivity index (χ0v) is 32.8. The summed E-state index contributed by atoms with van der Waals surface area (Å²) in [7, 11) is 0. The summed E-state index contributed by atoms with van der Waals surface area (Å²) in [6, 6.07) is 21.7. The Kier molecular flexibility index (Phi) is 9.38. The number of nitrogens with one attached hydrogen (secondary N) is 1. The Morgan fingerprint density at radius 1 is 0.767 bits per heavy atom. The van der Waals surface area contributed by atoms with Crippen molar-refractivity contribution >= 4 is 52.2 Å². The number of carbonyl (C=O) groups excluding carboxylic acids is 5. The first-order chi connectivity index (χ1) is 29.2. The number of imide groups is 2. The fourth-order valence-electron chi connectivity index (χ4n) is 9.13. The number of nitrogens with zero attached hydrogens (tertiary/aromatic N) is 9. The molecule has 10 rings (SSSR count). The Bertz CT molecular complexity index is 2530. The summed E-state index contributed by atoms with van der Waals surface area (Å²) >= 11 is 0. The number of piperidine rings is 2. The predicted molar refractivity (Wildman–Crippen MR) is 219 cm³/mol. The van der Waals surface area contributed by atoms with Crippen molar-refractivity contribution in [2.75, 3.05) is 63.0 Å². The molecule has 0 aliphatic carbocycles. The maximum absolute atomic E-state index is 13.9. The van der Waals surface area contributed by atoms with E-state index in [0.29, 0.717) is 54.5 Å². The lowest BCUT2D eigenvalue weighted by molar-refractivity contribution is -0.136. The van der Waals surface area contributed by atoms with Gasteiger partial charge in [-0.05, 0) is 73.9 Å². The summed E-state index contributed by atoms with van der Waals surface area (Å²) in [5, 5.41) is 7.97. The molecule has 6 amide bonds.